The van der Waals surface area contributed by atoms with Crippen LogP contribution in [0.4, 0.5) is 0 Å². The lowest BCUT2D eigenvalue weighted by molar-refractivity contribution is -0.143. The van der Waals surface area contributed by atoms with Gasteiger partial charge in [-0.25, -0.2) is 24.0 Å². The van der Waals surface area contributed by atoms with Crippen molar-refractivity contribution in [2.45, 2.75) is 48.8 Å². The van der Waals surface area contributed by atoms with E-state index in [1.165, 1.54) is 60.7 Å². The van der Waals surface area contributed by atoms with Crippen LogP contribution in [0.5, 0.6) is 0 Å². The fourth-order valence-electron chi connectivity index (χ4n) is 5.55. The molecule has 0 spiro atoms. The van der Waals surface area contributed by atoms with E-state index in [-0.39, 0.29) is 40.4 Å². The minimum Gasteiger partial charge on any atom is -0.458 e. The molecule has 8 atom stereocenters. The van der Waals surface area contributed by atoms with E-state index < -0.39 is 91.9 Å². The monoisotopic (exact) mass is 880 g/mol. The Morgan fingerprint density at radius 1 is 0.438 bits per heavy atom. The second-order valence-electron chi connectivity index (χ2n) is 13.5. The number of hydrogen-bond donors (Lipinski definition) is 5. The number of ether oxygens (including phenoxy) is 5. The third kappa shape index (κ3) is 14.6. The van der Waals surface area contributed by atoms with Crippen LogP contribution in [0.15, 0.2) is 152 Å². The number of hydrogen-bond acceptors (Lipinski definition) is 17. The first-order chi connectivity index (χ1) is 30.9. The first kappa shape index (κ1) is 49.2. The molecular weight excluding hydrogens is 836 g/mol. The van der Waals surface area contributed by atoms with Gasteiger partial charge in [0.25, 0.3) is 0 Å². The Bertz CT molecular complexity index is 2240. The molecule has 5 rings (SSSR count). The van der Waals surface area contributed by atoms with Gasteiger partial charge >= 0.3 is 29.8 Å². The van der Waals surface area contributed by atoms with E-state index in [9.17, 15) is 33.6 Å². The SMILES string of the molecule is O=C[C@H](O)[C@@H](O)[C@H](O)[C@H](O)CO.O=C[C@H](OC(=O)c1ccccc1)[C@@H](OC(=O)c1ccccc1)[C@H](OC(=O)c1ccccc1)[C@@H](COC(=O)c1ccccc1)OC(=O)c1ccccc1. The predicted molar refractivity (Wildman–Crippen MR) is 223 cm³/mol. The fourth-order valence-corrected chi connectivity index (χ4v) is 5.55. The summed E-state index contributed by atoms with van der Waals surface area (Å²) >= 11 is 0. The zero-order valence-corrected chi connectivity index (χ0v) is 33.8. The molecule has 0 bridgehead atoms. The van der Waals surface area contributed by atoms with Gasteiger partial charge in [-0.15, -0.1) is 0 Å². The summed E-state index contributed by atoms with van der Waals surface area (Å²) in [5.41, 5.74) is 0.370. The van der Waals surface area contributed by atoms with Gasteiger partial charge in [0.1, 0.15) is 31.0 Å². The molecule has 0 amide bonds. The van der Waals surface area contributed by atoms with E-state index >= 15 is 0 Å². The van der Waals surface area contributed by atoms with E-state index in [0.29, 0.717) is 0 Å². The molecule has 0 heterocycles. The van der Waals surface area contributed by atoms with Crippen LogP contribution < -0.4 is 0 Å². The normalized spacial score (nSPS) is 14.4. The van der Waals surface area contributed by atoms with Crippen LogP contribution in [0.1, 0.15) is 51.8 Å². The summed E-state index contributed by atoms with van der Waals surface area (Å²) in [4.78, 5) is 89.9. The standard InChI is InChI=1S/C41H32O11.C6H12O6/c42-26-33(49-38(44)29-18-8-2-9-19-29)35(51-40(46)31-22-12-4-13-23-31)36(52-41(47)32-24-14-5-15-25-32)34(50-39(45)30-20-10-3-11-21-30)27-48-37(43)28-16-6-1-7-17-28;7-1-3(9)5(11)6(12)4(10)2-8/h1-26,33-36H,27H2;1,3-6,8-12H,2H2/t33-,34+,35+,36+;3-,4+,5+,6+/m00/s1. The molecule has 334 valence electrons. The van der Waals surface area contributed by atoms with Gasteiger partial charge in [0.05, 0.1) is 34.4 Å². The van der Waals surface area contributed by atoms with Crippen molar-refractivity contribution in [2.24, 2.45) is 0 Å². The Balaban J connectivity index is 0.000000654. The van der Waals surface area contributed by atoms with E-state index in [0.717, 1.165) is 0 Å². The van der Waals surface area contributed by atoms with Crippen LogP contribution in [0, 0.1) is 0 Å². The smallest absolute Gasteiger partial charge is 0.338 e. The van der Waals surface area contributed by atoms with Crippen molar-refractivity contribution in [3.05, 3.63) is 179 Å². The van der Waals surface area contributed by atoms with Gasteiger partial charge in [-0.2, -0.15) is 0 Å². The Morgan fingerprint density at radius 2 is 0.781 bits per heavy atom. The Morgan fingerprint density at radius 3 is 1.14 bits per heavy atom. The van der Waals surface area contributed by atoms with Gasteiger partial charge in [-0.1, -0.05) is 91.0 Å². The molecule has 0 saturated carbocycles. The van der Waals surface area contributed by atoms with Crippen LogP contribution in [0.25, 0.3) is 0 Å². The first-order valence-corrected chi connectivity index (χ1v) is 19.4. The van der Waals surface area contributed by atoms with Crippen LogP contribution >= 0.6 is 0 Å². The molecule has 64 heavy (non-hydrogen) atoms. The summed E-state index contributed by atoms with van der Waals surface area (Å²) in [7, 11) is 0. The molecule has 5 N–H and O–H groups in total. The predicted octanol–water partition coefficient (Wildman–Crippen LogP) is 2.57. The molecule has 0 aliphatic carbocycles. The molecule has 5 aromatic carbocycles. The lowest BCUT2D eigenvalue weighted by Gasteiger charge is -2.34. The highest BCUT2D eigenvalue weighted by atomic mass is 16.6. The highest BCUT2D eigenvalue weighted by Gasteiger charge is 2.46. The maximum atomic E-state index is 13.7. The molecule has 17 heteroatoms. The maximum Gasteiger partial charge on any atom is 0.338 e. The van der Waals surface area contributed by atoms with Crippen LogP contribution in [-0.4, -0.2) is 130 Å². The van der Waals surface area contributed by atoms with Gasteiger partial charge in [0, 0.05) is 0 Å². The van der Waals surface area contributed by atoms with E-state index in [2.05, 4.69) is 0 Å². The number of carbonyl (C=O) groups excluding carboxylic acids is 7. The molecular formula is C47H44O17. The van der Waals surface area contributed by atoms with Gasteiger partial charge in [-0.05, 0) is 60.7 Å². The quantitative estimate of drug-likeness (QED) is 0.0427. The van der Waals surface area contributed by atoms with Crippen LogP contribution in [-0.2, 0) is 33.3 Å². The third-order valence-electron chi connectivity index (χ3n) is 8.98. The topological polar surface area (TPSA) is 267 Å². The van der Waals surface area contributed by atoms with Crippen molar-refractivity contribution in [3.8, 4) is 0 Å². The summed E-state index contributed by atoms with van der Waals surface area (Å²) in [6.45, 7) is -1.51. The van der Waals surface area contributed by atoms with Gasteiger partial charge in [0.15, 0.2) is 37.0 Å². The molecule has 17 nitrogen and oxygen atoms in total. The summed E-state index contributed by atoms with van der Waals surface area (Å²) in [5, 5.41) is 43.5. The average Bonchev–Trinajstić information content (AvgIpc) is 3.35. The van der Waals surface area contributed by atoms with Crippen molar-refractivity contribution >= 4 is 42.4 Å². The number of aliphatic hydroxyl groups excluding tert-OH is 5. The van der Waals surface area contributed by atoms with E-state index in [1.807, 2.05) is 0 Å². The van der Waals surface area contributed by atoms with Crippen molar-refractivity contribution in [2.75, 3.05) is 13.2 Å². The molecule has 5 aromatic rings. The number of esters is 5. The van der Waals surface area contributed by atoms with E-state index in [4.69, 9.17) is 49.2 Å². The summed E-state index contributed by atoms with van der Waals surface area (Å²) in [5.74, 6) is -4.71. The van der Waals surface area contributed by atoms with Crippen molar-refractivity contribution in [1.29, 1.82) is 0 Å². The summed E-state index contributed by atoms with van der Waals surface area (Å²) < 4.78 is 28.7. The molecule has 0 radical (unpaired) electrons. The molecule has 0 aliphatic heterocycles. The number of benzene rings is 5. The number of carbonyl (C=O) groups is 7. The molecule has 0 aromatic heterocycles. The Hall–Kier alpha value is -7.41. The number of aliphatic hydroxyl groups is 5. The Kier molecular flexibility index (Phi) is 19.6. The largest absolute Gasteiger partial charge is 0.458 e. The summed E-state index contributed by atoms with van der Waals surface area (Å²) in [6, 6.07) is 38.7. The van der Waals surface area contributed by atoms with Crippen LogP contribution in [0.3, 0.4) is 0 Å². The first-order valence-electron chi connectivity index (χ1n) is 19.4. The number of aldehydes is 2. The van der Waals surface area contributed by atoms with Gasteiger partial charge in [-0.3, -0.25) is 4.79 Å². The third-order valence-corrected chi connectivity index (χ3v) is 8.98. The maximum absolute atomic E-state index is 13.7. The Labute approximate surface area is 366 Å². The van der Waals surface area contributed by atoms with Gasteiger partial charge in [0.2, 0.25) is 0 Å². The second-order valence-corrected chi connectivity index (χ2v) is 13.5. The van der Waals surface area contributed by atoms with Crippen molar-refractivity contribution in [1.82, 2.24) is 0 Å². The zero-order valence-electron chi connectivity index (χ0n) is 33.8. The average molecular weight is 881 g/mol. The minimum atomic E-state index is -1.95. The summed E-state index contributed by atoms with van der Waals surface area (Å²) in [6.07, 6.45) is -14.2. The molecule has 0 unspecified atom stereocenters. The van der Waals surface area contributed by atoms with E-state index in [1.54, 1.807) is 91.0 Å². The molecule has 0 saturated heterocycles. The van der Waals surface area contributed by atoms with Crippen molar-refractivity contribution < 1.29 is 82.8 Å². The van der Waals surface area contributed by atoms with Gasteiger partial charge < -0.3 is 54.0 Å². The molecule has 0 aliphatic rings. The second kappa shape index (κ2) is 25.5. The lowest BCUT2D eigenvalue weighted by Crippen LogP contribution is -2.54. The number of rotatable bonds is 20. The highest BCUT2D eigenvalue weighted by molar-refractivity contribution is 5.93. The zero-order chi connectivity index (χ0) is 46.4. The highest BCUT2D eigenvalue weighted by Crippen LogP contribution is 2.24. The lowest BCUT2D eigenvalue weighted by atomic mass is 10.0. The molecule has 0 fully saturated rings. The van der Waals surface area contributed by atoms with Crippen LogP contribution in [0.2, 0.25) is 0 Å². The van der Waals surface area contributed by atoms with Crippen molar-refractivity contribution in [3.63, 3.8) is 0 Å². The minimum absolute atomic E-state index is 0.0258. The fraction of sp³-hybridized carbons (Fsp3) is 0.213.